The summed E-state index contributed by atoms with van der Waals surface area (Å²) < 4.78 is 0. The van der Waals surface area contributed by atoms with Crippen LogP contribution >= 0.6 is 0 Å². The normalized spacial score (nSPS) is 41.0. The van der Waals surface area contributed by atoms with Gasteiger partial charge in [-0.2, -0.15) is 0 Å². The molecule has 2 unspecified atom stereocenters. The van der Waals surface area contributed by atoms with Crippen molar-refractivity contribution in [2.75, 3.05) is 32.7 Å². The van der Waals surface area contributed by atoms with E-state index >= 15 is 0 Å². The van der Waals surface area contributed by atoms with Crippen molar-refractivity contribution in [1.82, 2.24) is 10.2 Å². The highest BCUT2D eigenvalue weighted by atomic mass is 15.2. The van der Waals surface area contributed by atoms with E-state index in [1.165, 1.54) is 39.1 Å². The number of nitrogens with one attached hydrogen (secondary N) is 1. The van der Waals surface area contributed by atoms with E-state index in [0.717, 1.165) is 17.8 Å². The van der Waals surface area contributed by atoms with Crippen LogP contribution in [-0.2, 0) is 0 Å². The van der Waals surface area contributed by atoms with Gasteiger partial charge in [0.2, 0.25) is 0 Å². The molecule has 0 aromatic heterocycles. The Balaban J connectivity index is 1.38. The van der Waals surface area contributed by atoms with E-state index in [1.807, 2.05) is 0 Å². The van der Waals surface area contributed by atoms with Crippen LogP contribution in [0.5, 0.6) is 0 Å². The number of hydrogen-bond donors (Lipinski definition) is 1. The van der Waals surface area contributed by atoms with Crippen LogP contribution in [0.15, 0.2) is 0 Å². The van der Waals surface area contributed by atoms with Gasteiger partial charge in [0.1, 0.15) is 0 Å². The van der Waals surface area contributed by atoms with Gasteiger partial charge in [0.05, 0.1) is 0 Å². The maximum Gasteiger partial charge on any atom is 0.00130 e. The van der Waals surface area contributed by atoms with Crippen molar-refractivity contribution in [2.24, 2.45) is 17.8 Å². The Kier molecular flexibility index (Phi) is 1.66. The minimum atomic E-state index is 1.00. The fourth-order valence-electron chi connectivity index (χ4n) is 2.60. The highest BCUT2D eigenvalue weighted by molar-refractivity contribution is 4.96. The minimum Gasteiger partial charge on any atom is -0.316 e. The molecule has 1 saturated carbocycles. The first kappa shape index (κ1) is 7.34. The van der Waals surface area contributed by atoms with Crippen LogP contribution in [0.2, 0.25) is 0 Å². The number of fused-ring (bicyclic) bond motifs is 1. The van der Waals surface area contributed by atoms with Crippen molar-refractivity contribution in [3.63, 3.8) is 0 Å². The molecule has 1 N–H and O–H groups in total. The Morgan fingerprint density at radius 3 is 2.50 bits per heavy atom. The van der Waals surface area contributed by atoms with Gasteiger partial charge in [-0.3, -0.25) is 0 Å². The molecule has 2 aliphatic heterocycles. The molecule has 2 atom stereocenters. The molecule has 0 amide bonds. The van der Waals surface area contributed by atoms with E-state index in [0.29, 0.717) is 0 Å². The average Bonchev–Trinajstić information content (AvgIpc) is 2.57. The van der Waals surface area contributed by atoms with Crippen molar-refractivity contribution >= 4 is 0 Å². The fraction of sp³-hybridized carbons (Fsp3) is 1.00. The first-order valence-electron chi connectivity index (χ1n) is 5.35. The summed E-state index contributed by atoms with van der Waals surface area (Å²) in [7, 11) is 0. The van der Waals surface area contributed by atoms with Gasteiger partial charge in [-0.1, -0.05) is 0 Å². The van der Waals surface area contributed by atoms with Crippen LogP contribution in [0.1, 0.15) is 12.8 Å². The molecule has 2 heterocycles. The maximum atomic E-state index is 3.34. The zero-order valence-corrected chi connectivity index (χ0v) is 7.63. The van der Waals surface area contributed by atoms with Gasteiger partial charge in [0.15, 0.2) is 0 Å². The summed E-state index contributed by atoms with van der Waals surface area (Å²) in [6, 6.07) is 0. The lowest BCUT2D eigenvalue weighted by Gasteiger charge is -2.29. The number of rotatable bonds is 3. The smallest absolute Gasteiger partial charge is 0.00130 e. The van der Waals surface area contributed by atoms with E-state index < -0.39 is 0 Å². The van der Waals surface area contributed by atoms with E-state index in [2.05, 4.69) is 10.2 Å². The Labute approximate surface area is 74.3 Å². The quantitative estimate of drug-likeness (QED) is 0.658. The molecule has 0 aromatic rings. The largest absolute Gasteiger partial charge is 0.316 e. The number of nitrogens with zero attached hydrogens (tertiary/aromatic N) is 1. The predicted molar refractivity (Wildman–Crippen MR) is 49.0 cm³/mol. The van der Waals surface area contributed by atoms with Crippen molar-refractivity contribution in [1.29, 1.82) is 0 Å². The summed E-state index contributed by atoms with van der Waals surface area (Å²) in [5.74, 6) is 3.23. The van der Waals surface area contributed by atoms with Gasteiger partial charge in [0.25, 0.3) is 0 Å². The zero-order valence-electron chi connectivity index (χ0n) is 7.63. The summed E-state index contributed by atoms with van der Waals surface area (Å²) in [5, 5.41) is 3.34. The van der Waals surface area contributed by atoms with E-state index in [1.54, 1.807) is 6.42 Å². The fourth-order valence-corrected chi connectivity index (χ4v) is 2.60. The van der Waals surface area contributed by atoms with Gasteiger partial charge in [-0.25, -0.2) is 0 Å². The van der Waals surface area contributed by atoms with E-state index in [4.69, 9.17) is 0 Å². The third-order valence-corrected chi connectivity index (χ3v) is 3.77. The second-order valence-corrected chi connectivity index (χ2v) is 4.83. The van der Waals surface area contributed by atoms with Crippen molar-refractivity contribution in [3.8, 4) is 0 Å². The van der Waals surface area contributed by atoms with Crippen molar-refractivity contribution < 1.29 is 0 Å². The van der Waals surface area contributed by atoms with Gasteiger partial charge in [-0.15, -0.1) is 0 Å². The van der Waals surface area contributed by atoms with Crippen LogP contribution in [0.4, 0.5) is 0 Å². The van der Waals surface area contributed by atoms with Crippen LogP contribution in [0.25, 0.3) is 0 Å². The van der Waals surface area contributed by atoms with Crippen LogP contribution in [0.3, 0.4) is 0 Å². The third kappa shape index (κ3) is 1.27. The molecular formula is C10H18N2. The van der Waals surface area contributed by atoms with E-state index in [9.17, 15) is 0 Å². The topological polar surface area (TPSA) is 15.3 Å². The van der Waals surface area contributed by atoms with Gasteiger partial charge < -0.3 is 10.2 Å². The molecule has 0 spiro atoms. The average molecular weight is 166 g/mol. The highest BCUT2D eigenvalue weighted by Gasteiger charge is 2.44. The third-order valence-electron chi connectivity index (χ3n) is 3.77. The molecule has 3 aliphatic rings. The number of piperidine rings is 1. The summed E-state index contributed by atoms with van der Waals surface area (Å²) in [6.45, 7) is 6.77. The SMILES string of the molecule is C(CN1CC2CC2C1)C1CNC1. The Bertz CT molecular complexity index is 167. The minimum absolute atomic E-state index is 1.00. The van der Waals surface area contributed by atoms with Crippen molar-refractivity contribution in [2.45, 2.75) is 12.8 Å². The van der Waals surface area contributed by atoms with Crippen LogP contribution in [0, 0.1) is 17.8 Å². The summed E-state index contributed by atoms with van der Waals surface area (Å²) >= 11 is 0. The molecule has 0 bridgehead atoms. The Morgan fingerprint density at radius 2 is 1.92 bits per heavy atom. The lowest BCUT2D eigenvalue weighted by molar-refractivity contribution is 0.243. The second-order valence-electron chi connectivity index (χ2n) is 4.83. The lowest BCUT2D eigenvalue weighted by Crippen LogP contribution is -2.43. The molecule has 3 fully saturated rings. The zero-order chi connectivity index (χ0) is 7.97. The first-order chi connectivity index (χ1) is 5.92. The standard InChI is InChI=1S/C10H18N2/c1(8-4-11-5-8)2-12-6-9-3-10(9)7-12/h8-11H,1-7H2. The van der Waals surface area contributed by atoms with Gasteiger partial charge >= 0.3 is 0 Å². The summed E-state index contributed by atoms with van der Waals surface area (Å²) in [4.78, 5) is 2.68. The molecule has 2 nitrogen and oxygen atoms in total. The molecule has 12 heavy (non-hydrogen) atoms. The summed E-state index contributed by atoms with van der Waals surface area (Å²) in [6.07, 6.45) is 2.98. The molecule has 68 valence electrons. The van der Waals surface area contributed by atoms with Gasteiger partial charge in [-0.05, 0) is 50.2 Å². The molecular weight excluding hydrogens is 148 g/mol. The predicted octanol–water partition coefficient (Wildman–Crippen LogP) is 0.548. The van der Waals surface area contributed by atoms with E-state index in [-0.39, 0.29) is 0 Å². The monoisotopic (exact) mass is 166 g/mol. The van der Waals surface area contributed by atoms with Crippen LogP contribution in [-0.4, -0.2) is 37.6 Å². The van der Waals surface area contributed by atoms with Crippen molar-refractivity contribution in [3.05, 3.63) is 0 Å². The molecule has 2 saturated heterocycles. The second kappa shape index (κ2) is 2.71. The summed E-state index contributed by atoms with van der Waals surface area (Å²) in [5.41, 5.74) is 0. The molecule has 3 rings (SSSR count). The van der Waals surface area contributed by atoms with Crippen LogP contribution < -0.4 is 5.32 Å². The number of hydrogen-bond acceptors (Lipinski definition) is 2. The molecule has 1 aliphatic carbocycles. The van der Waals surface area contributed by atoms with Gasteiger partial charge in [0, 0.05) is 13.1 Å². The maximum absolute atomic E-state index is 3.34. The first-order valence-corrected chi connectivity index (χ1v) is 5.35. The molecule has 0 aromatic carbocycles. The molecule has 0 radical (unpaired) electrons. The Hall–Kier alpha value is -0.0800. The number of likely N-dealkylation sites (tertiary alicyclic amines) is 1. The Morgan fingerprint density at radius 1 is 1.17 bits per heavy atom. The molecule has 2 heteroatoms. The highest BCUT2D eigenvalue weighted by Crippen LogP contribution is 2.44. The lowest BCUT2D eigenvalue weighted by atomic mass is 9.99.